The summed E-state index contributed by atoms with van der Waals surface area (Å²) in [6.45, 7) is 4.75. The third-order valence-electron chi connectivity index (χ3n) is 11.6. The van der Waals surface area contributed by atoms with E-state index in [1.165, 1.54) is 167 Å². The molecule has 3 atom stereocenters. The molecule has 61 heavy (non-hydrogen) atoms. The van der Waals surface area contributed by atoms with Crippen molar-refractivity contribution in [3.05, 3.63) is 36.5 Å². The zero-order valence-corrected chi connectivity index (χ0v) is 41.8. The van der Waals surface area contributed by atoms with Crippen LogP contribution in [0.5, 0.6) is 0 Å². The van der Waals surface area contributed by atoms with Crippen LogP contribution in [0.3, 0.4) is 0 Å². The maximum absolute atomic E-state index is 12.9. The predicted octanol–water partition coefficient (Wildman–Crippen LogP) is 15.0. The van der Waals surface area contributed by atoms with Crippen molar-refractivity contribution in [2.45, 2.75) is 251 Å². The third-order valence-corrected chi connectivity index (χ3v) is 12.6. The molecule has 3 unspecified atom stereocenters. The molecule has 8 nitrogen and oxygen atoms in total. The van der Waals surface area contributed by atoms with Crippen molar-refractivity contribution in [2.24, 2.45) is 0 Å². The maximum atomic E-state index is 12.9. The molecule has 0 aromatic heterocycles. The van der Waals surface area contributed by atoms with Gasteiger partial charge in [0.1, 0.15) is 13.2 Å². The Hall–Kier alpha value is -1.28. The van der Waals surface area contributed by atoms with E-state index in [2.05, 4.69) is 43.5 Å². The number of carbonyl (C=O) groups excluding carboxylic acids is 1. The third kappa shape index (κ3) is 46.5. The fraction of sp³-hybridized carbons (Fsp3) is 0.865. The van der Waals surface area contributed by atoms with Crippen LogP contribution >= 0.6 is 7.82 Å². The molecule has 0 radical (unpaired) electrons. The molecule has 1 amide bonds. The molecule has 0 fully saturated rings. The summed E-state index contributed by atoms with van der Waals surface area (Å²) < 4.78 is 23.6. The highest BCUT2D eigenvalue weighted by molar-refractivity contribution is 7.47. The van der Waals surface area contributed by atoms with Gasteiger partial charge in [-0.1, -0.05) is 230 Å². The molecule has 0 aliphatic carbocycles. The maximum Gasteiger partial charge on any atom is 0.472 e. The summed E-state index contributed by atoms with van der Waals surface area (Å²) in [4.78, 5) is 23.2. The topological polar surface area (TPSA) is 105 Å². The average molecular weight is 882 g/mol. The van der Waals surface area contributed by atoms with Crippen LogP contribution in [-0.4, -0.2) is 73.4 Å². The molecule has 0 bridgehead atoms. The Kier molecular flexibility index (Phi) is 43.0. The Morgan fingerprint density at radius 1 is 0.541 bits per heavy atom. The van der Waals surface area contributed by atoms with E-state index in [4.69, 9.17) is 9.05 Å². The molecule has 9 heteroatoms. The van der Waals surface area contributed by atoms with Crippen molar-refractivity contribution in [3.63, 3.8) is 0 Å². The highest BCUT2D eigenvalue weighted by atomic mass is 31.2. The van der Waals surface area contributed by atoms with E-state index in [1.54, 1.807) is 6.08 Å². The van der Waals surface area contributed by atoms with Crippen molar-refractivity contribution in [2.75, 3.05) is 40.9 Å². The number of phosphoric acid groups is 1. The van der Waals surface area contributed by atoms with E-state index < -0.39 is 20.0 Å². The summed E-state index contributed by atoms with van der Waals surface area (Å²) in [6.07, 6.45) is 55.4. The van der Waals surface area contributed by atoms with E-state index in [1.807, 2.05) is 27.2 Å². The smallest absolute Gasteiger partial charge is 0.387 e. The number of aliphatic hydroxyl groups excluding tert-OH is 1. The van der Waals surface area contributed by atoms with E-state index in [9.17, 15) is 19.4 Å². The molecule has 0 heterocycles. The highest BCUT2D eigenvalue weighted by Gasteiger charge is 2.27. The first-order chi connectivity index (χ1) is 29.5. The number of aliphatic hydroxyl groups is 1. The lowest BCUT2D eigenvalue weighted by Gasteiger charge is -2.25. The molecule has 0 saturated carbocycles. The second-order valence-corrected chi connectivity index (χ2v) is 20.3. The van der Waals surface area contributed by atoms with Crippen molar-refractivity contribution in [1.82, 2.24) is 5.32 Å². The summed E-state index contributed by atoms with van der Waals surface area (Å²) in [5.41, 5.74) is 0. The number of unbranched alkanes of at least 4 members (excludes halogenated alkanes) is 30. The summed E-state index contributed by atoms with van der Waals surface area (Å²) in [6, 6.07) is -0.866. The van der Waals surface area contributed by atoms with Crippen LogP contribution in [0.15, 0.2) is 36.5 Å². The summed E-state index contributed by atoms with van der Waals surface area (Å²) in [5.74, 6) is -0.189. The Labute approximate surface area is 378 Å². The van der Waals surface area contributed by atoms with Gasteiger partial charge in [-0.2, -0.15) is 0 Å². The first-order valence-corrected chi connectivity index (χ1v) is 27.4. The van der Waals surface area contributed by atoms with Gasteiger partial charge in [0.2, 0.25) is 5.91 Å². The van der Waals surface area contributed by atoms with Crippen molar-refractivity contribution < 1.29 is 32.9 Å². The lowest BCUT2D eigenvalue weighted by molar-refractivity contribution is -0.870. The molecule has 0 aliphatic rings. The van der Waals surface area contributed by atoms with Crippen molar-refractivity contribution in [1.29, 1.82) is 0 Å². The molecule has 0 saturated heterocycles. The number of phosphoric ester groups is 1. The Morgan fingerprint density at radius 3 is 1.30 bits per heavy atom. The van der Waals surface area contributed by atoms with Crippen LogP contribution in [0.2, 0.25) is 0 Å². The molecule has 0 rings (SSSR count). The SMILES string of the molecule is CCCC/C=C/CC/C=C/CC/C=C/C(O)C(COP(=O)(O)OCC[N+](C)(C)C)NC(=O)CCCCCCCCCCCCCCCCCCCCCCCCCCCCC. The largest absolute Gasteiger partial charge is 0.472 e. The molecule has 0 aromatic rings. The highest BCUT2D eigenvalue weighted by Crippen LogP contribution is 2.43. The van der Waals surface area contributed by atoms with Gasteiger partial charge >= 0.3 is 7.82 Å². The van der Waals surface area contributed by atoms with Gasteiger partial charge in [-0.15, -0.1) is 0 Å². The Balaban J connectivity index is 4.12. The number of allylic oxidation sites excluding steroid dienone is 5. The number of nitrogens with one attached hydrogen (secondary N) is 1. The zero-order chi connectivity index (χ0) is 45.0. The van der Waals surface area contributed by atoms with Crippen LogP contribution in [0.4, 0.5) is 0 Å². The van der Waals surface area contributed by atoms with Gasteiger partial charge in [-0.3, -0.25) is 13.8 Å². The molecule has 0 aromatic carbocycles. The molecule has 0 aliphatic heterocycles. The number of likely N-dealkylation sites (N-methyl/N-ethyl adjacent to an activating group) is 1. The van der Waals surface area contributed by atoms with Gasteiger partial charge in [-0.25, -0.2) is 4.57 Å². The molecular weight excluding hydrogens is 780 g/mol. The lowest BCUT2D eigenvalue weighted by atomic mass is 10.0. The van der Waals surface area contributed by atoms with Crippen LogP contribution < -0.4 is 5.32 Å². The number of amides is 1. The predicted molar refractivity (Wildman–Crippen MR) is 263 cm³/mol. The average Bonchev–Trinajstić information content (AvgIpc) is 3.21. The second-order valence-electron chi connectivity index (χ2n) is 18.9. The fourth-order valence-corrected chi connectivity index (χ4v) is 8.21. The summed E-state index contributed by atoms with van der Waals surface area (Å²) in [7, 11) is 1.55. The molecular formula is C52H102N2O6P+. The fourth-order valence-electron chi connectivity index (χ4n) is 7.47. The Bertz CT molecular complexity index is 1090. The van der Waals surface area contributed by atoms with Crippen LogP contribution in [0, 0.1) is 0 Å². The number of quaternary nitrogens is 1. The molecule has 0 spiro atoms. The number of carbonyl (C=O) groups is 1. The lowest BCUT2D eigenvalue weighted by Crippen LogP contribution is -2.45. The van der Waals surface area contributed by atoms with Crippen LogP contribution in [-0.2, 0) is 18.4 Å². The van der Waals surface area contributed by atoms with Gasteiger partial charge in [0.15, 0.2) is 0 Å². The van der Waals surface area contributed by atoms with Gasteiger partial charge in [0, 0.05) is 6.42 Å². The minimum atomic E-state index is -4.35. The minimum Gasteiger partial charge on any atom is -0.387 e. The minimum absolute atomic E-state index is 0.0546. The number of hydrogen-bond donors (Lipinski definition) is 3. The van der Waals surface area contributed by atoms with Gasteiger partial charge < -0.3 is 19.8 Å². The first-order valence-electron chi connectivity index (χ1n) is 25.9. The monoisotopic (exact) mass is 882 g/mol. The normalized spacial score (nSPS) is 14.4. The second kappa shape index (κ2) is 43.9. The Morgan fingerprint density at radius 2 is 0.902 bits per heavy atom. The number of rotatable bonds is 47. The van der Waals surface area contributed by atoms with E-state index >= 15 is 0 Å². The van der Waals surface area contributed by atoms with Crippen LogP contribution in [0.25, 0.3) is 0 Å². The number of nitrogens with zero attached hydrogens (tertiary/aromatic N) is 1. The quantitative estimate of drug-likeness (QED) is 0.0243. The standard InChI is InChI=1S/C52H101N2O6P/c1-6-8-10-12-14-16-18-20-21-22-23-24-25-26-27-28-29-30-31-32-33-34-36-38-40-42-44-46-52(56)53-50(49-60-61(57,58)59-48-47-54(3,4)5)51(55)45-43-41-39-37-35-19-17-15-13-11-9-7-2/h13,15,35,37,43,45,50-51,55H,6-12,14,16-34,36,38-42,44,46-49H2,1-5H3,(H-,53,56,57,58)/p+1/b15-13+,37-35+,45-43+. The van der Waals surface area contributed by atoms with E-state index in [-0.39, 0.29) is 19.1 Å². The van der Waals surface area contributed by atoms with E-state index in [0.717, 1.165) is 51.4 Å². The van der Waals surface area contributed by atoms with Gasteiger partial charge in [-0.05, 0) is 38.5 Å². The van der Waals surface area contributed by atoms with E-state index in [0.29, 0.717) is 17.4 Å². The summed E-state index contributed by atoms with van der Waals surface area (Å²) >= 11 is 0. The van der Waals surface area contributed by atoms with Crippen LogP contribution in [0.1, 0.15) is 239 Å². The summed E-state index contributed by atoms with van der Waals surface area (Å²) in [5, 5.41) is 13.8. The molecule has 360 valence electrons. The first kappa shape index (κ1) is 59.7. The zero-order valence-electron chi connectivity index (χ0n) is 40.9. The van der Waals surface area contributed by atoms with Gasteiger partial charge in [0.25, 0.3) is 0 Å². The molecule has 3 N–H and O–H groups in total. The van der Waals surface area contributed by atoms with Crippen molar-refractivity contribution >= 4 is 13.7 Å². The van der Waals surface area contributed by atoms with Crippen molar-refractivity contribution in [3.8, 4) is 0 Å². The number of hydrogen-bond acceptors (Lipinski definition) is 5. The van der Waals surface area contributed by atoms with Gasteiger partial charge in [0.05, 0.1) is 39.9 Å².